The summed E-state index contributed by atoms with van der Waals surface area (Å²) in [4.78, 5) is 2.30. The van der Waals surface area contributed by atoms with Crippen molar-refractivity contribution >= 4 is 11.4 Å². The van der Waals surface area contributed by atoms with Gasteiger partial charge in [-0.3, -0.25) is 0 Å². The van der Waals surface area contributed by atoms with E-state index in [1.807, 2.05) is 0 Å². The molecule has 0 atom stereocenters. The number of para-hydroxylation sites is 2. The van der Waals surface area contributed by atoms with Crippen LogP contribution in [-0.2, 0) is 12.8 Å². The van der Waals surface area contributed by atoms with Crippen LogP contribution < -0.4 is 10.6 Å². The molecule has 1 aliphatic heterocycles. The van der Waals surface area contributed by atoms with Crippen LogP contribution in [0.5, 0.6) is 0 Å². The highest BCUT2D eigenvalue weighted by atomic mass is 15.1. The summed E-state index contributed by atoms with van der Waals surface area (Å²) in [6.07, 6.45) is 3.52. The molecule has 0 aromatic heterocycles. The van der Waals surface area contributed by atoms with Gasteiger partial charge in [0, 0.05) is 18.4 Å². The maximum absolute atomic E-state index is 4.61. The molecule has 0 unspecified atom stereocenters. The van der Waals surface area contributed by atoms with Crippen molar-refractivity contribution in [2.75, 3.05) is 11.9 Å². The molecular weight excluding hydrogens is 232 g/mol. The van der Waals surface area contributed by atoms with Gasteiger partial charge in [-0.25, -0.2) is 0 Å². The Hall–Kier alpha value is -2.22. The molecule has 0 spiro atoms. The summed E-state index contributed by atoms with van der Waals surface area (Å²) in [6, 6.07) is 17.4. The lowest BCUT2D eigenvalue weighted by Crippen LogP contribution is -2.10. The number of nitrogens with two attached hydrogens (primary N) is 1. The largest absolute Gasteiger partial charge is 0.405 e. The van der Waals surface area contributed by atoms with Gasteiger partial charge in [0.1, 0.15) is 0 Å². The van der Waals surface area contributed by atoms with Crippen molar-refractivity contribution in [3.05, 3.63) is 72.4 Å². The smallest absolute Gasteiger partial charge is 0.0440 e. The van der Waals surface area contributed by atoms with Crippen LogP contribution in [0, 0.1) is 0 Å². The molecule has 1 heterocycles. The van der Waals surface area contributed by atoms with Crippen LogP contribution >= 0.6 is 0 Å². The number of rotatable bonds is 0. The highest BCUT2D eigenvalue weighted by Crippen LogP contribution is 2.34. The average molecular weight is 252 g/mol. The molecule has 19 heavy (non-hydrogen) atoms. The van der Waals surface area contributed by atoms with Gasteiger partial charge in [-0.05, 0) is 42.3 Å². The van der Waals surface area contributed by atoms with Gasteiger partial charge in [0.25, 0.3) is 0 Å². The van der Waals surface area contributed by atoms with E-state index in [4.69, 9.17) is 0 Å². The standard InChI is InChI=1S/C15H15N.C2H5N/c1-16-14-8-4-2-6-12(14)10-11-13-7-3-5-9-15(13)16;1-2-3/h2-9H,10-11H2,1H3;2H,1,3H2. The zero-order valence-electron chi connectivity index (χ0n) is 11.3. The van der Waals surface area contributed by atoms with E-state index in [-0.39, 0.29) is 0 Å². The summed E-state index contributed by atoms with van der Waals surface area (Å²) >= 11 is 0. The normalized spacial score (nSPS) is 12.4. The zero-order chi connectivity index (χ0) is 13.7. The summed E-state index contributed by atoms with van der Waals surface area (Å²) in [5.74, 6) is 0. The lowest BCUT2D eigenvalue weighted by atomic mass is 10.0. The number of fused-ring (bicyclic) bond motifs is 2. The first kappa shape index (κ1) is 13.2. The fourth-order valence-corrected chi connectivity index (χ4v) is 2.50. The van der Waals surface area contributed by atoms with Gasteiger partial charge in [0.2, 0.25) is 0 Å². The number of anilines is 2. The maximum Gasteiger partial charge on any atom is 0.0440 e. The van der Waals surface area contributed by atoms with Crippen molar-refractivity contribution in [3.8, 4) is 0 Å². The van der Waals surface area contributed by atoms with Gasteiger partial charge in [0.15, 0.2) is 0 Å². The topological polar surface area (TPSA) is 29.3 Å². The van der Waals surface area contributed by atoms with Crippen molar-refractivity contribution in [3.63, 3.8) is 0 Å². The Kier molecular flexibility index (Phi) is 4.24. The van der Waals surface area contributed by atoms with Gasteiger partial charge in [0.05, 0.1) is 0 Å². The second-order valence-electron chi connectivity index (χ2n) is 4.55. The van der Waals surface area contributed by atoms with Crippen molar-refractivity contribution in [2.45, 2.75) is 12.8 Å². The molecule has 2 heteroatoms. The predicted molar refractivity (Wildman–Crippen MR) is 82.7 cm³/mol. The van der Waals surface area contributed by atoms with Crippen LogP contribution in [0.4, 0.5) is 11.4 Å². The molecule has 0 saturated heterocycles. The number of hydrogen-bond acceptors (Lipinski definition) is 2. The number of aryl methyl sites for hydroxylation is 2. The molecule has 2 aromatic rings. The fraction of sp³-hybridized carbons (Fsp3) is 0.176. The SMILES string of the molecule is C=CN.CN1c2ccccc2CCc2ccccc21. The van der Waals surface area contributed by atoms with Crippen LogP contribution in [0.15, 0.2) is 61.3 Å². The molecular formula is C17H20N2. The molecule has 2 aromatic carbocycles. The Balaban J connectivity index is 0.000000408. The second kappa shape index (κ2) is 6.10. The van der Waals surface area contributed by atoms with Crippen LogP contribution in [0.3, 0.4) is 0 Å². The van der Waals surface area contributed by atoms with Crippen molar-refractivity contribution < 1.29 is 0 Å². The molecule has 0 saturated carbocycles. The number of benzene rings is 2. The first-order chi connectivity index (χ1) is 9.27. The third-order valence-electron chi connectivity index (χ3n) is 3.37. The van der Waals surface area contributed by atoms with E-state index in [0.717, 1.165) is 12.8 Å². The molecule has 0 amide bonds. The molecule has 98 valence electrons. The van der Waals surface area contributed by atoms with E-state index in [1.54, 1.807) is 0 Å². The van der Waals surface area contributed by atoms with Crippen LogP contribution in [-0.4, -0.2) is 7.05 Å². The van der Waals surface area contributed by atoms with Gasteiger partial charge >= 0.3 is 0 Å². The highest BCUT2D eigenvalue weighted by molar-refractivity contribution is 5.70. The summed E-state index contributed by atoms with van der Waals surface area (Å²) in [7, 11) is 2.16. The molecule has 0 fully saturated rings. The van der Waals surface area contributed by atoms with E-state index in [2.05, 4.69) is 72.8 Å². The minimum absolute atomic E-state index is 1.14. The second-order valence-corrected chi connectivity index (χ2v) is 4.55. The summed E-state index contributed by atoms with van der Waals surface area (Å²) < 4.78 is 0. The third kappa shape index (κ3) is 2.79. The van der Waals surface area contributed by atoms with Crippen molar-refractivity contribution in [1.29, 1.82) is 0 Å². The molecule has 0 aliphatic carbocycles. The van der Waals surface area contributed by atoms with E-state index in [1.165, 1.54) is 28.7 Å². The first-order valence-corrected chi connectivity index (χ1v) is 6.50. The molecule has 0 bridgehead atoms. The Bertz CT molecular complexity index is 513. The van der Waals surface area contributed by atoms with Crippen molar-refractivity contribution in [1.82, 2.24) is 0 Å². The monoisotopic (exact) mass is 252 g/mol. The Morgan fingerprint density at radius 3 is 1.74 bits per heavy atom. The van der Waals surface area contributed by atoms with Gasteiger partial charge in [-0.15, -0.1) is 0 Å². The maximum atomic E-state index is 4.61. The molecule has 2 nitrogen and oxygen atoms in total. The van der Waals surface area contributed by atoms with E-state index in [0.29, 0.717) is 0 Å². The summed E-state index contributed by atoms with van der Waals surface area (Å²) in [6.45, 7) is 3.14. The summed E-state index contributed by atoms with van der Waals surface area (Å²) in [5, 5.41) is 0. The Morgan fingerprint density at radius 2 is 1.32 bits per heavy atom. The molecule has 3 rings (SSSR count). The van der Waals surface area contributed by atoms with Crippen LogP contribution in [0.1, 0.15) is 11.1 Å². The minimum Gasteiger partial charge on any atom is -0.405 e. The molecule has 2 N–H and O–H groups in total. The van der Waals surface area contributed by atoms with Crippen LogP contribution in [0.25, 0.3) is 0 Å². The van der Waals surface area contributed by atoms with Crippen molar-refractivity contribution in [2.24, 2.45) is 5.73 Å². The van der Waals surface area contributed by atoms with Crippen LogP contribution in [0.2, 0.25) is 0 Å². The van der Waals surface area contributed by atoms with Gasteiger partial charge in [-0.1, -0.05) is 43.0 Å². The first-order valence-electron chi connectivity index (χ1n) is 6.50. The zero-order valence-corrected chi connectivity index (χ0v) is 11.3. The Morgan fingerprint density at radius 1 is 0.947 bits per heavy atom. The van der Waals surface area contributed by atoms with E-state index >= 15 is 0 Å². The summed E-state index contributed by atoms with van der Waals surface area (Å²) in [5.41, 5.74) is 10.2. The predicted octanol–water partition coefficient (Wildman–Crippen LogP) is 3.64. The Labute approximate surface area is 115 Å². The quantitative estimate of drug-likeness (QED) is 0.775. The molecule has 1 aliphatic rings. The van der Waals surface area contributed by atoms with Gasteiger partial charge < -0.3 is 10.6 Å². The van der Waals surface area contributed by atoms with E-state index in [9.17, 15) is 0 Å². The fourth-order valence-electron chi connectivity index (χ4n) is 2.50. The number of hydrogen-bond donors (Lipinski definition) is 1. The lowest BCUT2D eigenvalue weighted by Gasteiger charge is -2.21. The minimum atomic E-state index is 1.14. The number of nitrogens with zero attached hydrogens (tertiary/aromatic N) is 1. The average Bonchev–Trinajstić information content (AvgIpc) is 2.59. The lowest BCUT2D eigenvalue weighted by molar-refractivity contribution is 0.977. The highest BCUT2D eigenvalue weighted by Gasteiger charge is 2.16. The molecule has 0 radical (unpaired) electrons. The van der Waals surface area contributed by atoms with Gasteiger partial charge in [-0.2, -0.15) is 0 Å². The third-order valence-corrected chi connectivity index (χ3v) is 3.37. The van der Waals surface area contributed by atoms with E-state index < -0.39 is 0 Å².